The van der Waals surface area contributed by atoms with E-state index in [1.165, 1.54) is 0 Å². The van der Waals surface area contributed by atoms with Gasteiger partial charge in [-0.25, -0.2) is 4.98 Å². The van der Waals surface area contributed by atoms with E-state index in [1.54, 1.807) is 11.3 Å². The number of aromatic nitrogens is 1. The molecule has 1 aromatic heterocycles. The summed E-state index contributed by atoms with van der Waals surface area (Å²) in [6.07, 6.45) is 1.01. The molecule has 0 aliphatic heterocycles. The first kappa shape index (κ1) is 6.71. The number of aryl methyl sites for hydroxylation is 1. The van der Waals surface area contributed by atoms with Crippen molar-refractivity contribution in [2.45, 2.75) is 19.9 Å². The lowest BCUT2D eigenvalue weighted by atomic mass is 10.4. The van der Waals surface area contributed by atoms with Crippen LogP contribution in [0.25, 0.3) is 0 Å². The molecule has 1 aromatic rings. The summed E-state index contributed by atoms with van der Waals surface area (Å²) in [4.78, 5) is 4.24. The molecular formula is C6H10N2S. The second-order valence-corrected chi connectivity index (χ2v) is 2.73. The van der Waals surface area contributed by atoms with Crippen LogP contribution in [-0.2, 0) is 13.0 Å². The third-order valence-electron chi connectivity index (χ3n) is 1.14. The van der Waals surface area contributed by atoms with Crippen molar-refractivity contribution in [3.8, 4) is 0 Å². The van der Waals surface area contributed by atoms with E-state index in [0.717, 1.165) is 17.1 Å². The largest absolute Gasteiger partial charge is 0.325 e. The molecule has 0 aromatic carbocycles. The molecule has 0 bridgehead atoms. The van der Waals surface area contributed by atoms with Gasteiger partial charge in [-0.15, -0.1) is 11.3 Å². The van der Waals surface area contributed by atoms with Crippen LogP contribution in [0.3, 0.4) is 0 Å². The molecule has 0 aliphatic rings. The van der Waals surface area contributed by atoms with Crippen molar-refractivity contribution in [2.24, 2.45) is 5.73 Å². The highest BCUT2D eigenvalue weighted by Gasteiger charge is 1.95. The average Bonchev–Trinajstić information content (AvgIpc) is 2.34. The predicted octanol–water partition coefficient (Wildman–Crippen LogP) is 1.16. The molecule has 0 saturated heterocycles. The van der Waals surface area contributed by atoms with Gasteiger partial charge in [-0.05, 0) is 6.42 Å². The van der Waals surface area contributed by atoms with E-state index in [-0.39, 0.29) is 0 Å². The fourth-order valence-electron chi connectivity index (χ4n) is 0.605. The SMILES string of the molecule is CCc1csc(CN)n1. The highest BCUT2D eigenvalue weighted by molar-refractivity contribution is 7.09. The van der Waals surface area contributed by atoms with Crippen LogP contribution in [0, 0.1) is 0 Å². The molecular weight excluding hydrogens is 132 g/mol. The number of thiazole rings is 1. The number of nitrogens with two attached hydrogens (primary N) is 1. The second-order valence-electron chi connectivity index (χ2n) is 1.79. The Kier molecular flexibility index (Phi) is 2.19. The van der Waals surface area contributed by atoms with Crippen LogP contribution >= 0.6 is 11.3 Å². The van der Waals surface area contributed by atoms with Gasteiger partial charge >= 0.3 is 0 Å². The molecule has 0 amide bonds. The molecule has 1 heterocycles. The molecule has 0 atom stereocenters. The summed E-state index contributed by atoms with van der Waals surface area (Å²) in [6.45, 7) is 2.67. The summed E-state index contributed by atoms with van der Waals surface area (Å²) in [5, 5.41) is 3.09. The summed E-state index contributed by atoms with van der Waals surface area (Å²) in [5.74, 6) is 0. The Balaban J connectivity index is 2.74. The number of rotatable bonds is 2. The highest BCUT2D eigenvalue weighted by Crippen LogP contribution is 2.08. The van der Waals surface area contributed by atoms with Gasteiger partial charge in [0.15, 0.2) is 0 Å². The van der Waals surface area contributed by atoms with Crippen LogP contribution in [0.4, 0.5) is 0 Å². The lowest BCUT2D eigenvalue weighted by molar-refractivity contribution is 0.980. The van der Waals surface area contributed by atoms with Crippen molar-refractivity contribution >= 4 is 11.3 Å². The molecule has 0 fully saturated rings. The third kappa shape index (κ3) is 1.50. The summed E-state index contributed by atoms with van der Waals surface area (Å²) >= 11 is 1.64. The molecule has 1 rings (SSSR count). The van der Waals surface area contributed by atoms with Gasteiger partial charge in [0.2, 0.25) is 0 Å². The first-order valence-electron chi connectivity index (χ1n) is 3.00. The quantitative estimate of drug-likeness (QED) is 0.673. The average molecular weight is 142 g/mol. The van der Waals surface area contributed by atoms with E-state index in [2.05, 4.69) is 17.3 Å². The predicted molar refractivity (Wildman–Crippen MR) is 39.4 cm³/mol. The maximum Gasteiger partial charge on any atom is 0.106 e. The fourth-order valence-corrected chi connectivity index (χ4v) is 1.36. The van der Waals surface area contributed by atoms with Crippen LogP contribution in [0.2, 0.25) is 0 Å². The summed E-state index contributed by atoms with van der Waals surface area (Å²) in [5.41, 5.74) is 6.52. The Morgan fingerprint density at radius 1 is 1.78 bits per heavy atom. The van der Waals surface area contributed by atoms with Crippen LogP contribution in [0.5, 0.6) is 0 Å². The monoisotopic (exact) mass is 142 g/mol. The zero-order valence-corrected chi connectivity index (χ0v) is 6.24. The Hall–Kier alpha value is -0.410. The van der Waals surface area contributed by atoms with Crippen molar-refractivity contribution < 1.29 is 0 Å². The molecule has 0 saturated carbocycles. The van der Waals surface area contributed by atoms with E-state index in [4.69, 9.17) is 5.73 Å². The van der Waals surface area contributed by atoms with E-state index in [1.807, 2.05) is 0 Å². The summed E-state index contributed by atoms with van der Waals surface area (Å²) in [7, 11) is 0. The second kappa shape index (κ2) is 2.94. The van der Waals surface area contributed by atoms with Gasteiger partial charge in [0, 0.05) is 11.9 Å². The van der Waals surface area contributed by atoms with Crippen LogP contribution in [0.1, 0.15) is 17.6 Å². The van der Waals surface area contributed by atoms with E-state index < -0.39 is 0 Å². The Bertz CT molecular complexity index is 164. The van der Waals surface area contributed by atoms with Crippen molar-refractivity contribution in [1.29, 1.82) is 0 Å². The Morgan fingerprint density at radius 2 is 2.56 bits per heavy atom. The smallest absolute Gasteiger partial charge is 0.106 e. The van der Waals surface area contributed by atoms with Gasteiger partial charge < -0.3 is 5.73 Å². The molecule has 2 nitrogen and oxygen atoms in total. The summed E-state index contributed by atoms with van der Waals surface area (Å²) < 4.78 is 0. The van der Waals surface area contributed by atoms with E-state index in [9.17, 15) is 0 Å². The number of hydrogen-bond donors (Lipinski definition) is 1. The minimum Gasteiger partial charge on any atom is -0.325 e. The first-order valence-corrected chi connectivity index (χ1v) is 3.88. The van der Waals surface area contributed by atoms with Crippen molar-refractivity contribution in [3.05, 3.63) is 16.1 Å². The van der Waals surface area contributed by atoms with Gasteiger partial charge in [0.25, 0.3) is 0 Å². The van der Waals surface area contributed by atoms with E-state index in [0.29, 0.717) is 6.54 Å². The maximum atomic E-state index is 5.37. The van der Waals surface area contributed by atoms with Gasteiger partial charge in [-0.1, -0.05) is 6.92 Å². The normalized spacial score (nSPS) is 10.0. The van der Waals surface area contributed by atoms with Gasteiger partial charge in [-0.2, -0.15) is 0 Å². The Morgan fingerprint density at radius 3 is 2.89 bits per heavy atom. The molecule has 2 N–H and O–H groups in total. The minimum atomic E-state index is 0.574. The minimum absolute atomic E-state index is 0.574. The van der Waals surface area contributed by atoms with Crippen LogP contribution < -0.4 is 5.73 Å². The molecule has 0 spiro atoms. The van der Waals surface area contributed by atoms with Crippen molar-refractivity contribution in [2.75, 3.05) is 0 Å². The topological polar surface area (TPSA) is 38.9 Å². The third-order valence-corrected chi connectivity index (χ3v) is 2.06. The number of nitrogens with zero attached hydrogens (tertiary/aromatic N) is 1. The van der Waals surface area contributed by atoms with Crippen LogP contribution in [0.15, 0.2) is 5.38 Å². The van der Waals surface area contributed by atoms with Crippen molar-refractivity contribution in [1.82, 2.24) is 4.98 Å². The summed E-state index contributed by atoms with van der Waals surface area (Å²) in [6, 6.07) is 0. The molecule has 0 aliphatic carbocycles. The molecule has 50 valence electrons. The van der Waals surface area contributed by atoms with Gasteiger partial charge in [-0.3, -0.25) is 0 Å². The molecule has 3 heteroatoms. The first-order chi connectivity index (χ1) is 4.36. The lowest BCUT2D eigenvalue weighted by Gasteiger charge is -1.83. The maximum absolute atomic E-state index is 5.37. The lowest BCUT2D eigenvalue weighted by Crippen LogP contribution is -1.94. The zero-order chi connectivity index (χ0) is 6.69. The molecule has 0 radical (unpaired) electrons. The zero-order valence-electron chi connectivity index (χ0n) is 5.42. The number of hydrogen-bond acceptors (Lipinski definition) is 3. The van der Waals surface area contributed by atoms with Crippen molar-refractivity contribution in [3.63, 3.8) is 0 Å². The molecule has 0 unspecified atom stereocenters. The highest BCUT2D eigenvalue weighted by atomic mass is 32.1. The van der Waals surface area contributed by atoms with Crippen LogP contribution in [-0.4, -0.2) is 4.98 Å². The Labute approximate surface area is 58.7 Å². The standard InChI is InChI=1S/C6H10N2S/c1-2-5-4-9-6(3-7)8-5/h4H,2-3,7H2,1H3. The van der Waals surface area contributed by atoms with Gasteiger partial charge in [0.05, 0.1) is 5.69 Å². The fraction of sp³-hybridized carbons (Fsp3) is 0.500. The van der Waals surface area contributed by atoms with Gasteiger partial charge in [0.1, 0.15) is 5.01 Å². The van der Waals surface area contributed by atoms with E-state index >= 15 is 0 Å². The molecule has 9 heavy (non-hydrogen) atoms.